The second-order valence-corrected chi connectivity index (χ2v) is 3.42. The fraction of sp³-hybridized carbons (Fsp3) is 0.364. The molecule has 1 saturated heterocycles. The van der Waals surface area contributed by atoms with Gasteiger partial charge in [-0.25, -0.2) is 0 Å². The van der Waals surface area contributed by atoms with Crippen molar-refractivity contribution in [2.24, 2.45) is 0 Å². The maximum Gasteiger partial charge on any atom is 0.224 e. The highest BCUT2D eigenvalue weighted by Crippen LogP contribution is 2.25. The second-order valence-electron chi connectivity index (χ2n) is 3.42. The minimum Gasteiger partial charge on any atom is -0.335 e. The van der Waals surface area contributed by atoms with Gasteiger partial charge in [0.15, 0.2) is 0 Å². The molecular weight excluding hydrogens is 162 g/mol. The van der Waals surface area contributed by atoms with Crippen LogP contribution in [0.1, 0.15) is 24.9 Å². The van der Waals surface area contributed by atoms with Crippen molar-refractivity contribution in [3.05, 3.63) is 35.9 Å². The molecule has 0 N–H and O–H groups in total. The number of carbonyl (C=O) groups is 1. The van der Waals surface area contributed by atoms with Crippen LogP contribution >= 0.6 is 0 Å². The summed E-state index contributed by atoms with van der Waals surface area (Å²) >= 11 is 0. The van der Waals surface area contributed by atoms with Gasteiger partial charge in [-0.1, -0.05) is 30.3 Å². The van der Waals surface area contributed by atoms with E-state index in [-0.39, 0.29) is 11.9 Å². The molecule has 1 aromatic carbocycles. The Morgan fingerprint density at radius 3 is 2.46 bits per heavy atom. The number of amides is 1. The Kier molecular flexibility index (Phi) is 2.05. The van der Waals surface area contributed by atoms with Crippen molar-refractivity contribution in [3.63, 3.8) is 0 Å². The third-order valence-electron chi connectivity index (χ3n) is 2.64. The molecule has 2 rings (SSSR count). The summed E-state index contributed by atoms with van der Waals surface area (Å²) in [7, 11) is 0. The number of hydrogen-bond donors (Lipinski definition) is 0. The molecular formula is C11H13NO. The average molecular weight is 175 g/mol. The Morgan fingerprint density at radius 2 is 2.00 bits per heavy atom. The Hall–Kier alpha value is -1.31. The number of hydrogen-bond acceptors (Lipinski definition) is 1. The number of likely N-dealkylation sites (tertiary alicyclic amines) is 1. The molecule has 0 spiro atoms. The van der Waals surface area contributed by atoms with E-state index in [1.54, 1.807) is 0 Å². The zero-order chi connectivity index (χ0) is 9.26. The zero-order valence-electron chi connectivity index (χ0n) is 7.73. The molecule has 1 aliphatic heterocycles. The molecule has 68 valence electrons. The minimum absolute atomic E-state index is 0.238. The molecule has 0 aliphatic carbocycles. The number of carbonyl (C=O) groups excluding carboxylic acids is 1. The summed E-state index contributed by atoms with van der Waals surface area (Å²) in [6, 6.07) is 10.4. The molecule has 2 nitrogen and oxygen atoms in total. The van der Waals surface area contributed by atoms with Gasteiger partial charge < -0.3 is 4.90 Å². The van der Waals surface area contributed by atoms with Crippen LogP contribution in [-0.2, 0) is 4.79 Å². The lowest BCUT2D eigenvalue weighted by Gasteiger charge is -2.36. The molecule has 0 radical (unpaired) electrons. The number of rotatable bonds is 2. The van der Waals surface area contributed by atoms with Crippen molar-refractivity contribution in [1.29, 1.82) is 0 Å². The molecule has 0 saturated carbocycles. The molecule has 0 aromatic heterocycles. The number of benzene rings is 1. The first-order valence-electron chi connectivity index (χ1n) is 4.63. The molecule has 1 unspecified atom stereocenters. The highest BCUT2D eigenvalue weighted by Gasteiger charge is 2.28. The fourth-order valence-corrected chi connectivity index (χ4v) is 1.65. The van der Waals surface area contributed by atoms with Crippen molar-refractivity contribution in [1.82, 2.24) is 4.90 Å². The van der Waals surface area contributed by atoms with Gasteiger partial charge in [0, 0.05) is 13.0 Å². The fourth-order valence-electron chi connectivity index (χ4n) is 1.65. The lowest BCUT2D eigenvalue weighted by Crippen LogP contribution is -2.44. The number of nitrogens with zero attached hydrogens (tertiary/aromatic N) is 1. The summed E-state index contributed by atoms with van der Waals surface area (Å²) in [5.74, 6) is 0.274. The van der Waals surface area contributed by atoms with Gasteiger partial charge in [0.1, 0.15) is 0 Å². The van der Waals surface area contributed by atoms with Crippen molar-refractivity contribution in [3.8, 4) is 0 Å². The van der Waals surface area contributed by atoms with Crippen LogP contribution < -0.4 is 0 Å². The van der Waals surface area contributed by atoms with E-state index in [0.717, 1.165) is 13.0 Å². The number of β-lactam (4-membered cyclic amide) rings is 1. The van der Waals surface area contributed by atoms with E-state index >= 15 is 0 Å². The Labute approximate surface area is 78.2 Å². The minimum atomic E-state index is 0.238. The summed E-state index contributed by atoms with van der Waals surface area (Å²) in [6.45, 7) is 2.99. The lowest BCUT2D eigenvalue weighted by atomic mass is 10.0. The van der Waals surface area contributed by atoms with Gasteiger partial charge in [0.05, 0.1) is 6.04 Å². The maximum atomic E-state index is 11.2. The van der Waals surface area contributed by atoms with Crippen LogP contribution in [0.3, 0.4) is 0 Å². The standard InChI is InChI=1S/C11H13NO/c1-9(12-8-7-11(12)13)10-5-3-2-4-6-10/h2-6,9H,7-8H2,1H3. The van der Waals surface area contributed by atoms with Crippen LogP contribution in [0.2, 0.25) is 0 Å². The van der Waals surface area contributed by atoms with Crippen LogP contribution in [0.25, 0.3) is 0 Å². The van der Waals surface area contributed by atoms with Gasteiger partial charge in [0.25, 0.3) is 0 Å². The first-order valence-corrected chi connectivity index (χ1v) is 4.63. The van der Waals surface area contributed by atoms with E-state index in [1.807, 2.05) is 23.1 Å². The zero-order valence-corrected chi connectivity index (χ0v) is 7.73. The van der Waals surface area contributed by atoms with Crippen LogP contribution in [-0.4, -0.2) is 17.4 Å². The van der Waals surface area contributed by atoms with E-state index in [0.29, 0.717) is 0 Å². The van der Waals surface area contributed by atoms with Gasteiger partial charge in [0.2, 0.25) is 5.91 Å². The SMILES string of the molecule is CC(c1ccccc1)N1CCC1=O. The summed E-state index contributed by atoms with van der Waals surface area (Å²) in [4.78, 5) is 13.1. The van der Waals surface area contributed by atoms with Crippen molar-refractivity contribution in [2.45, 2.75) is 19.4 Å². The van der Waals surface area contributed by atoms with E-state index in [2.05, 4.69) is 19.1 Å². The Bertz CT molecular complexity index is 307. The monoisotopic (exact) mass is 175 g/mol. The Balaban J connectivity index is 2.13. The van der Waals surface area contributed by atoms with E-state index in [4.69, 9.17) is 0 Å². The van der Waals surface area contributed by atoms with Crippen LogP contribution in [0.5, 0.6) is 0 Å². The van der Waals surface area contributed by atoms with E-state index in [9.17, 15) is 4.79 Å². The molecule has 1 amide bonds. The predicted octanol–water partition coefficient (Wildman–Crippen LogP) is 1.98. The van der Waals surface area contributed by atoms with E-state index < -0.39 is 0 Å². The highest BCUT2D eigenvalue weighted by atomic mass is 16.2. The summed E-state index contributed by atoms with van der Waals surface area (Å²) < 4.78 is 0. The first kappa shape index (κ1) is 8.30. The molecule has 0 bridgehead atoms. The van der Waals surface area contributed by atoms with Gasteiger partial charge in [-0.05, 0) is 12.5 Å². The summed E-state index contributed by atoms with van der Waals surface area (Å²) in [6.07, 6.45) is 0.719. The van der Waals surface area contributed by atoms with Crippen LogP contribution in [0.15, 0.2) is 30.3 Å². The van der Waals surface area contributed by atoms with E-state index in [1.165, 1.54) is 5.56 Å². The second kappa shape index (κ2) is 3.21. The topological polar surface area (TPSA) is 20.3 Å². The van der Waals surface area contributed by atoms with Crippen molar-refractivity contribution in [2.75, 3.05) is 6.54 Å². The normalized spacial score (nSPS) is 18.2. The third-order valence-corrected chi connectivity index (χ3v) is 2.64. The molecule has 1 fully saturated rings. The quantitative estimate of drug-likeness (QED) is 0.629. The average Bonchev–Trinajstić information content (AvgIpc) is 2.17. The smallest absolute Gasteiger partial charge is 0.224 e. The molecule has 1 heterocycles. The Morgan fingerprint density at radius 1 is 1.31 bits per heavy atom. The van der Waals surface area contributed by atoms with Gasteiger partial charge in [-0.15, -0.1) is 0 Å². The maximum absolute atomic E-state index is 11.2. The first-order chi connectivity index (χ1) is 6.29. The highest BCUT2D eigenvalue weighted by molar-refractivity contribution is 5.82. The van der Waals surface area contributed by atoms with Crippen molar-refractivity contribution < 1.29 is 4.79 Å². The summed E-state index contributed by atoms with van der Waals surface area (Å²) in [5.41, 5.74) is 1.22. The van der Waals surface area contributed by atoms with Crippen LogP contribution in [0.4, 0.5) is 0 Å². The molecule has 1 atom stereocenters. The molecule has 1 aromatic rings. The van der Waals surface area contributed by atoms with Gasteiger partial charge in [-0.3, -0.25) is 4.79 Å². The summed E-state index contributed by atoms with van der Waals surface area (Å²) in [5, 5.41) is 0. The molecule has 2 heteroatoms. The third kappa shape index (κ3) is 1.44. The molecule has 1 aliphatic rings. The predicted molar refractivity (Wildman–Crippen MR) is 51.2 cm³/mol. The lowest BCUT2D eigenvalue weighted by molar-refractivity contribution is -0.142. The largest absolute Gasteiger partial charge is 0.335 e. The van der Waals surface area contributed by atoms with Crippen molar-refractivity contribution >= 4 is 5.91 Å². The molecule has 13 heavy (non-hydrogen) atoms. The van der Waals surface area contributed by atoms with Crippen LogP contribution in [0, 0.1) is 0 Å². The van der Waals surface area contributed by atoms with Gasteiger partial charge in [-0.2, -0.15) is 0 Å². The van der Waals surface area contributed by atoms with Gasteiger partial charge >= 0.3 is 0 Å².